The Morgan fingerprint density at radius 1 is 1.08 bits per heavy atom. The van der Waals surface area contributed by atoms with Crippen LogP contribution in [0.1, 0.15) is 26.4 Å². The number of ketones is 2. The third-order valence-electron chi connectivity index (χ3n) is 4.19. The fourth-order valence-electron chi connectivity index (χ4n) is 3.08. The number of carbonyl (C=O) groups is 3. The number of thiophene rings is 2. The zero-order chi connectivity index (χ0) is 17.4. The van der Waals surface area contributed by atoms with Crippen LogP contribution in [0.5, 0.6) is 0 Å². The highest BCUT2D eigenvalue weighted by molar-refractivity contribution is 7.12. The zero-order valence-corrected chi connectivity index (χ0v) is 14.6. The van der Waals surface area contributed by atoms with Crippen molar-refractivity contribution < 1.29 is 18.8 Å². The Balaban J connectivity index is 1.75. The van der Waals surface area contributed by atoms with Gasteiger partial charge in [-0.15, -0.1) is 22.7 Å². The molecule has 2 atom stereocenters. The van der Waals surface area contributed by atoms with Crippen LogP contribution in [-0.4, -0.2) is 22.4 Å². The summed E-state index contributed by atoms with van der Waals surface area (Å²) in [6, 6.07) is 10.0. The highest BCUT2D eigenvalue weighted by Crippen LogP contribution is 2.41. The molecule has 5 nitrogen and oxygen atoms in total. The summed E-state index contributed by atoms with van der Waals surface area (Å²) in [4.78, 5) is 40.9. The number of amides is 1. The van der Waals surface area contributed by atoms with Crippen molar-refractivity contribution in [3.63, 3.8) is 0 Å². The second kappa shape index (κ2) is 6.42. The lowest BCUT2D eigenvalue weighted by molar-refractivity contribution is -0.141. The highest BCUT2D eigenvalue weighted by Gasteiger charge is 2.52. The van der Waals surface area contributed by atoms with E-state index in [4.69, 9.17) is 4.42 Å². The topological polar surface area (TPSA) is 67.6 Å². The third kappa shape index (κ3) is 2.75. The lowest BCUT2D eigenvalue weighted by Crippen LogP contribution is -2.29. The second-order valence-electron chi connectivity index (χ2n) is 5.66. The van der Waals surface area contributed by atoms with Crippen molar-refractivity contribution in [2.75, 3.05) is 0 Å². The SMILES string of the molecule is O=C1C(=O)N(Cc2ccco2)C(c2cccs2)C1C(=O)c1cccs1. The molecule has 126 valence electrons. The van der Waals surface area contributed by atoms with Gasteiger partial charge in [-0.3, -0.25) is 14.4 Å². The quantitative estimate of drug-likeness (QED) is 0.391. The maximum absolute atomic E-state index is 12.9. The number of likely N-dealkylation sites (tertiary alicyclic amines) is 1. The van der Waals surface area contributed by atoms with Gasteiger partial charge < -0.3 is 9.32 Å². The van der Waals surface area contributed by atoms with E-state index in [2.05, 4.69) is 0 Å². The van der Waals surface area contributed by atoms with E-state index in [0.717, 1.165) is 4.88 Å². The Kier molecular flexibility index (Phi) is 4.10. The Morgan fingerprint density at radius 2 is 1.88 bits per heavy atom. The minimum atomic E-state index is -1.01. The monoisotopic (exact) mass is 371 g/mol. The fraction of sp³-hybridized carbons (Fsp3) is 0.167. The van der Waals surface area contributed by atoms with Gasteiger partial charge in [-0.2, -0.15) is 0 Å². The predicted octanol–water partition coefficient (Wildman–Crippen LogP) is 3.55. The van der Waals surface area contributed by atoms with E-state index in [1.807, 2.05) is 17.5 Å². The molecular formula is C18H13NO4S2. The maximum Gasteiger partial charge on any atom is 0.291 e. The molecule has 0 saturated carbocycles. The van der Waals surface area contributed by atoms with Crippen LogP contribution in [0.15, 0.2) is 57.8 Å². The van der Waals surface area contributed by atoms with Gasteiger partial charge in [-0.25, -0.2) is 0 Å². The molecule has 0 spiro atoms. The number of hydrogen-bond donors (Lipinski definition) is 0. The number of Topliss-reactive ketones (excluding diaryl/α,β-unsaturated/α-hetero) is 2. The van der Waals surface area contributed by atoms with E-state index in [-0.39, 0.29) is 12.3 Å². The van der Waals surface area contributed by atoms with E-state index in [1.165, 1.54) is 33.8 Å². The first-order valence-electron chi connectivity index (χ1n) is 7.65. The molecule has 1 aliphatic heterocycles. The van der Waals surface area contributed by atoms with E-state index < -0.39 is 23.7 Å². The van der Waals surface area contributed by atoms with Crippen molar-refractivity contribution in [1.29, 1.82) is 0 Å². The molecule has 0 aromatic carbocycles. The Hall–Kier alpha value is -2.51. The molecule has 25 heavy (non-hydrogen) atoms. The molecule has 4 heterocycles. The average molecular weight is 371 g/mol. The first-order valence-corrected chi connectivity index (χ1v) is 9.41. The van der Waals surface area contributed by atoms with Crippen molar-refractivity contribution in [3.8, 4) is 0 Å². The van der Waals surface area contributed by atoms with Crippen LogP contribution in [0.25, 0.3) is 0 Å². The van der Waals surface area contributed by atoms with Gasteiger partial charge in [0, 0.05) is 4.88 Å². The number of carbonyl (C=O) groups excluding carboxylic acids is 3. The zero-order valence-electron chi connectivity index (χ0n) is 13.0. The van der Waals surface area contributed by atoms with E-state index in [0.29, 0.717) is 10.6 Å². The predicted molar refractivity (Wildman–Crippen MR) is 93.5 cm³/mol. The molecule has 3 aromatic rings. The van der Waals surface area contributed by atoms with Crippen LogP contribution >= 0.6 is 22.7 Å². The second-order valence-corrected chi connectivity index (χ2v) is 7.58. The van der Waals surface area contributed by atoms with Gasteiger partial charge in [0.25, 0.3) is 5.91 Å². The molecule has 1 saturated heterocycles. The van der Waals surface area contributed by atoms with Crippen LogP contribution in [0.4, 0.5) is 0 Å². The van der Waals surface area contributed by atoms with Gasteiger partial charge in [-0.1, -0.05) is 12.1 Å². The molecule has 3 aromatic heterocycles. The van der Waals surface area contributed by atoms with E-state index in [1.54, 1.807) is 29.6 Å². The molecule has 0 N–H and O–H groups in total. The summed E-state index contributed by atoms with van der Waals surface area (Å²) in [6.45, 7) is 0.161. The molecule has 7 heteroatoms. The average Bonchev–Trinajstić information content (AvgIpc) is 3.39. The molecule has 1 aliphatic rings. The van der Waals surface area contributed by atoms with Crippen molar-refractivity contribution >= 4 is 40.1 Å². The minimum Gasteiger partial charge on any atom is -0.467 e. The van der Waals surface area contributed by atoms with Gasteiger partial charge in [0.2, 0.25) is 5.78 Å². The van der Waals surface area contributed by atoms with Gasteiger partial charge >= 0.3 is 0 Å². The normalized spacial score (nSPS) is 20.4. The number of rotatable bonds is 5. The Labute approximate surface area is 151 Å². The largest absolute Gasteiger partial charge is 0.467 e. The fourth-order valence-corrected chi connectivity index (χ4v) is 4.65. The standard InChI is InChI=1S/C18H13NO4S2/c20-16(13-6-3-9-25-13)14-15(12-5-2-8-24-12)19(18(22)17(14)21)10-11-4-1-7-23-11/h1-9,14-15H,10H2. The lowest BCUT2D eigenvalue weighted by Gasteiger charge is -2.24. The molecule has 2 unspecified atom stereocenters. The van der Waals surface area contributed by atoms with Crippen molar-refractivity contribution in [3.05, 3.63) is 68.9 Å². The first-order chi connectivity index (χ1) is 12.2. The van der Waals surface area contributed by atoms with Crippen LogP contribution < -0.4 is 0 Å². The Morgan fingerprint density at radius 3 is 2.52 bits per heavy atom. The van der Waals surface area contributed by atoms with Gasteiger partial charge in [0.1, 0.15) is 11.7 Å². The molecule has 0 aliphatic carbocycles. The van der Waals surface area contributed by atoms with Gasteiger partial charge in [-0.05, 0) is 35.0 Å². The summed E-state index contributed by atoms with van der Waals surface area (Å²) in [5.74, 6) is -2.02. The maximum atomic E-state index is 12.9. The summed E-state index contributed by atoms with van der Waals surface area (Å²) in [7, 11) is 0. The minimum absolute atomic E-state index is 0.161. The number of hydrogen-bond acceptors (Lipinski definition) is 6. The lowest BCUT2D eigenvalue weighted by atomic mass is 9.92. The number of nitrogens with zero attached hydrogens (tertiary/aromatic N) is 1. The van der Waals surface area contributed by atoms with E-state index >= 15 is 0 Å². The van der Waals surface area contributed by atoms with Gasteiger partial charge in [0.15, 0.2) is 5.78 Å². The molecular weight excluding hydrogens is 358 g/mol. The van der Waals surface area contributed by atoms with Crippen LogP contribution in [0.2, 0.25) is 0 Å². The van der Waals surface area contributed by atoms with Crippen LogP contribution in [-0.2, 0) is 16.1 Å². The summed E-state index contributed by atoms with van der Waals surface area (Å²) in [5, 5.41) is 3.66. The highest BCUT2D eigenvalue weighted by atomic mass is 32.1. The van der Waals surface area contributed by atoms with Crippen molar-refractivity contribution in [2.24, 2.45) is 5.92 Å². The van der Waals surface area contributed by atoms with Crippen LogP contribution in [0.3, 0.4) is 0 Å². The molecule has 0 radical (unpaired) electrons. The van der Waals surface area contributed by atoms with Crippen LogP contribution in [0, 0.1) is 5.92 Å². The molecule has 0 bridgehead atoms. The molecule has 1 amide bonds. The number of furan rings is 1. The summed E-state index contributed by atoms with van der Waals surface area (Å²) in [5.41, 5.74) is 0. The molecule has 1 fully saturated rings. The van der Waals surface area contributed by atoms with E-state index in [9.17, 15) is 14.4 Å². The third-order valence-corrected chi connectivity index (χ3v) is 6.02. The smallest absolute Gasteiger partial charge is 0.291 e. The first kappa shape index (κ1) is 16.0. The molecule has 4 rings (SSSR count). The summed E-state index contributed by atoms with van der Waals surface area (Å²) in [6.07, 6.45) is 1.52. The Bertz CT molecular complexity index is 897. The van der Waals surface area contributed by atoms with Crippen molar-refractivity contribution in [1.82, 2.24) is 4.90 Å². The summed E-state index contributed by atoms with van der Waals surface area (Å²) >= 11 is 2.71. The summed E-state index contributed by atoms with van der Waals surface area (Å²) < 4.78 is 5.33. The van der Waals surface area contributed by atoms with Gasteiger partial charge in [0.05, 0.1) is 23.7 Å². The van der Waals surface area contributed by atoms with Crippen molar-refractivity contribution in [2.45, 2.75) is 12.6 Å².